The molecule has 0 aliphatic rings. The molecule has 3 aromatic rings. The summed E-state index contributed by atoms with van der Waals surface area (Å²) in [6.07, 6.45) is 0. The highest BCUT2D eigenvalue weighted by atomic mass is 35.5. The largest absolute Gasteiger partial charge is 0.493 e. The van der Waals surface area contributed by atoms with Crippen molar-refractivity contribution in [1.29, 1.82) is 0 Å². The van der Waals surface area contributed by atoms with Gasteiger partial charge in [0.05, 0.1) is 24.8 Å². The van der Waals surface area contributed by atoms with Crippen LogP contribution in [0.1, 0.15) is 26.3 Å². The van der Waals surface area contributed by atoms with Crippen molar-refractivity contribution in [2.45, 2.75) is 38.3 Å². The van der Waals surface area contributed by atoms with Gasteiger partial charge in [-0.1, -0.05) is 37.6 Å². The first kappa shape index (κ1) is 32.7. The van der Waals surface area contributed by atoms with E-state index in [0.29, 0.717) is 22.9 Å². The number of rotatable bonds is 13. The Bertz CT molecular complexity index is 1480. The van der Waals surface area contributed by atoms with Gasteiger partial charge in [-0.2, -0.15) is 0 Å². The molecular formula is C30H35ClFN3O6S. The summed E-state index contributed by atoms with van der Waals surface area (Å²) in [6, 6.07) is 14.7. The number of hydrogen-bond donors (Lipinski definition) is 1. The molecule has 42 heavy (non-hydrogen) atoms. The second-order valence-corrected chi connectivity index (χ2v) is 12.3. The van der Waals surface area contributed by atoms with Crippen molar-refractivity contribution < 1.29 is 31.9 Å². The van der Waals surface area contributed by atoms with Crippen molar-refractivity contribution in [2.75, 3.05) is 31.6 Å². The lowest BCUT2D eigenvalue weighted by Crippen LogP contribution is -2.51. The number of methoxy groups -OCH3 is 2. The van der Waals surface area contributed by atoms with E-state index >= 15 is 0 Å². The van der Waals surface area contributed by atoms with E-state index in [2.05, 4.69) is 5.32 Å². The van der Waals surface area contributed by atoms with Crippen molar-refractivity contribution in [3.05, 3.63) is 83.1 Å². The molecule has 1 atom stereocenters. The molecule has 12 heteroatoms. The highest BCUT2D eigenvalue weighted by Crippen LogP contribution is 2.32. The van der Waals surface area contributed by atoms with Gasteiger partial charge < -0.3 is 19.7 Å². The smallest absolute Gasteiger partial charge is 0.264 e. The maximum atomic E-state index is 14.0. The summed E-state index contributed by atoms with van der Waals surface area (Å²) in [4.78, 5) is 28.1. The third kappa shape index (κ3) is 8.13. The highest BCUT2D eigenvalue weighted by Gasteiger charge is 2.33. The summed E-state index contributed by atoms with van der Waals surface area (Å²) in [5, 5.41) is 3.19. The molecule has 0 heterocycles. The number of carbonyl (C=O) groups excluding carboxylic acids is 2. The minimum atomic E-state index is -4.34. The second kappa shape index (κ2) is 14.4. The average Bonchev–Trinajstić information content (AvgIpc) is 2.97. The molecule has 3 rings (SSSR count). The summed E-state index contributed by atoms with van der Waals surface area (Å²) in [5.74, 6) is -0.805. The number of hydrogen-bond acceptors (Lipinski definition) is 6. The Kier molecular flexibility index (Phi) is 11.2. The van der Waals surface area contributed by atoms with E-state index < -0.39 is 40.2 Å². The Labute approximate surface area is 251 Å². The van der Waals surface area contributed by atoms with Gasteiger partial charge >= 0.3 is 0 Å². The van der Waals surface area contributed by atoms with E-state index in [4.69, 9.17) is 21.1 Å². The fourth-order valence-electron chi connectivity index (χ4n) is 4.06. The molecule has 3 aromatic carbocycles. The number of ether oxygens (including phenoxy) is 2. The summed E-state index contributed by atoms with van der Waals surface area (Å²) in [5.41, 5.74) is 0.746. The van der Waals surface area contributed by atoms with E-state index in [1.54, 1.807) is 6.92 Å². The third-order valence-corrected chi connectivity index (χ3v) is 8.48. The van der Waals surface area contributed by atoms with Crippen LogP contribution >= 0.6 is 11.6 Å². The minimum Gasteiger partial charge on any atom is -0.493 e. The normalized spacial score (nSPS) is 12.0. The van der Waals surface area contributed by atoms with Crippen molar-refractivity contribution in [3.63, 3.8) is 0 Å². The molecule has 0 aliphatic heterocycles. The van der Waals surface area contributed by atoms with Crippen molar-refractivity contribution in [1.82, 2.24) is 10.2 Å². The number of nitrogens with one attached hydrogen (secondary N) is 1. The molecule has 0 spiro atoms. The number of halogens is 2. The molecule has 9 nitrogen and oxygen atoms in total. The molecule has 0 radical (unpaired) electrons. The van der Waals surface area contributed by atoms with Crippen LogP contribution in [0, 0.1) is 11.7 Å². The van der Waals surface area contributed by atoms with E-state index in [1.807, 2.05) is 13.8 Å². The fraction of sp³-hybridized carbons (Fsp3) is 0.333. The van der Waals surface area contributed by atoms with E-state index in [0.717, 1.165) is 4.31 Å². The Hall–Kier alpha value is -3.83. The summed E-state index contributed by atoms with van der Waals surface area (Å²) < 4.78 is 53.1. The maximum Gasteiger partial charge on any atom is 0.264 e. The van der Waals surface area contributed by atoms with Gasteiger partial charge in [0, 0.05) is 24.2 Å². The number of anilines is 1. The molecule has 0 aliphatic carbocycles. The number of amides is 2. The lowest BCUT2D eigenvalue weighted by atomic mass is 10.1. The summed E-state index contributed by atoms with van der Waals surface area (Å²) >= 11 is 6.06. The van der Waals surface area contributed by atoms with Crippen molar-refractivity contribution in [3.8, 4) is 11.5 Å². The molecule has 0 bridgehead atoms. The molecule has 0 saturated carbocycles. The van der Waals surface area contributed by atoms with Crippen LogP contribution in [-0.2, 0) is 26.2 Å². The van der Waals surface area contributed by atoms with Crippen LogP contribution in [0.3, 0.4) is 0 Å². The predicted octanol–water partition coefficient (Wildman–Crippen LogP) is 4.88. The first-order valence-corrected chi connectivity index (χ1v) is 15.0. The SMILES string of the molecule is COc1ccc(S(=O)(=O)N(CC(=O)N(Cc2ccc(F)cc2)[C@H](C)C(=O)NCC(C)C)c2ccc(Cl)cc2)cc1OC. The Morgan fingerprint density at radius 3 is 2.12 bits per heavy atom. The molecule has 2 amide bonds. The molecule has 0 unspecified atom stereocenters. The van der Waals surface area contributed by atoms with Gasteiger partial charge in [0.2, 0.25) is 11.8 Å². The van der Waals surface area contributed by atoms with Gasteiger partial charge in [0.25, 0.3) is 10.0 Å². The third-order valence-electron chi connectivity index (χ3n) is 6.45. The molecule has 1 N–H and O–H groups in total. The molecule has 0 fully saturated rings. The van der Waals surface area contributed by atoms with Gasteiger partial charge in [-0.25, -0.2) is 12.8 Å². The van der Waals surface area contributed by atoms with Crippen LogP contribution in [0.15, 0.2) is 71.6 Å². The first-order valence-electron chi connectivity index (χ1n) is 13.2. The molecule has 0 aromatic heterocycles. The van der Waals surface area contributed by atoms with Gasteiger partial charge in [-0.3, -0.25) is 13.9 Å². The van der Waals surface area contributed by atoms with Gasteiger partial charge in [0.1, 0.15) is 18.4 Å². The van der Waals surface area contributed by atoms with Gasteiger partial charge in [-0.05, 0) is 66.9 Å². The van der Waals surface area contributed by atoms with Crippen molar-refractivity contribution in [2.24, 2.45) is 5.92 Å². The zero-order chi connectivity index (χ0) is 31.0. The van der Waals surface area contributed by atoms with Crippen LogP contribution < -0.4 is 19.1 Å². The Morgan fingerprint density at radius 2 is 1.55 bits per heavy atom. The zero-order valence-electron chi connectivity index (χ0n) is 24.1. The quantitative estimate of drug-likeness (QED) is 0.292. The van der Waals surface area contributed by atoms with Crippen LogP contribution in [0.25, 0.3) is 0 Å². The van der Waals surface area contributed by atoms with Crippen LogP contribution in [0.2, 0.25) is 5.02 Å². The van der Waals surface area contributed by atoms with Crippen LogP contribution in [0.5, 0.6) is 11.5 Å². The molecular weight excluding hydrogens is 585 g/mol. The van der Waals surface area contributed by atoms with Crippen LogP contribution in [-0.4, -0.2) is 58.5 Å². The summed E-state index contributed by atoms with van der Waals surface area (Å²) in [6.45, 7) is 5.14. The lowest BCUT2D eigenvalue weighted by molar-refractivity contribution is -0.139. The topological polar surface area (TPSA) is 105 Å². The number of sulfonamides is 1. The maximum absolute atomic E-state index is 14.0. The van der Waals surface area contributed by atoms with Crippen molar-refractivity contribution >= 4 is 39.1 Å². The summed E-state index contributed by atoms with van der Waals surface area (Å²) in [7, 11) is -1.53. The lowest BCUT2D eigenvalue weighted by Gasteiger charge is -2.32. The zero-order valence-corrected chi connectivity index (χ0v) is 25.7. The first-order chi connectivity index (χ1) is 19.9. The number of nitrogens with zero attached hydrogens (tertiary/aromatic N) is 2. The van der Waals surface area contributed by atoms with Gasteiger partial charge in [-0.15, -0.1) is 0 Å². The number of benzene rings is 3. The minimum absolute atomic E-state index is 0.0553. The second-order valence-electron chi connectivity index (χ2n) is 9.97. The standard InChI is InChI=1S/C30H35ClFN3O6S/c1-20(2)17-33-30(37)21(3)34(18-22-6-10-24(32)11-7-22)29(36)19-35(25-12-8-23(31)9-13-25)42(38,39)26-14-15-27(40-4)28(16-26)41-5/h6-16,20-21H,17-19H2,1-5H3,(H,33,37)/t21-/m1/s1. The van der Waals surface area contributed by atoms with Gasteiger partial charge in [0.15, 0.2) is 11.5 Å². The molecule has 0 saturated heterocycles. The number of carbonyl (C=O) groups is 2. The highest BCUT2D eigenvalue weighted by molar-refractivity contribution is 7.92. The van der Waals surface area contributed by atoms with E-state index in [1.165, 1.54) is 85.8 Å². The Balaban J connectivity index is 2.04. The van der Waals surface area contributed by atoms with E-state index in [-0.39, 0.29) is 28.8 Å². The Morgan fingerprint density at radius 1 is 0.929 bits per heavy atom. The fourth-order valence-corrected chi connectivity index (χ4v) is 5.62. The van der Waals surface area contributed by atoms with E-state index in [9.17, 15) is 22.4 Å². The predicted molar refractivity (Wildman–Crippen MR) is 160 cm³/mol. The molecule has 226 valence electrons. The average molecular weight is 620 g/mol. The monoisotopic (exact) mass is 619 g/mol. The van der Waals surface area contributed by atoms with Crippen LogP contribution in [0.4, 0.5) is 10.1 Å².